The highest BCUT2D eigenvalue weighted by Gasteiger charge is 2.35. The van der Waals surface area contributed by atoms with E-state index in [1.54, 1.807) is 23.3 Å². The highest BCUT2D eigenvalue weighted by Crippen LogP contribution is 2.49. The monoisotopic (exact) mass is 345 g/mol. The van der Waals surface area contributed by atoms with E-state index in [2.05, 4.69) is 37.2 Å². The van der Waals surface area contributed by atoms with E-state index in [1.165, 1.54) is 31.2 Å². The Balaban J connectivity index is 0.00000169. The van der Waals surface area contributed by atoms with E-state index in [9.17, 15) is 4.39 Å². The van der Waals surface area contributed by atoms with Crippen LogP contribution in [0.15, 0.2) is 42.0 Å². The molecule has 2 aromatic carbocycles. The SMILES string of the molecule is CN(C)CC1=C(c2ccc3cc(F)ccc3c2)[C@@H]2CC[C@@H](C1)C2.Cl. The summed E-state index contributed by atoms with van der Waals surface area (Å²) >= 11 is 0. The first kappa shape index (κ1) is 17.4. The normalized spacial score (nSPS) is 23.0. The van der Waals surface area contributed by atoms with E-state index in [4.69, 9.17) is 0 Å². The first-order valence-corrected chi connectivity index (χ1v) is 8.66. The Kier molecular flexibility index (Phi) is 4.98. The number of likely N-dealkylation sites (N-methyl/N-ethyl adjacent to an activating group) is 1. The first-order valence-electron chi connectivity index (χ1n) is 8.66. The van der Waals surface area contributed by atoms with Crippen LogP contribution in [0.5, 0.6) is 0 Å². The molecular weight excluding hydrogens is 321 g/mol. The molecule has 0 aliphatic heterocycles. The van der Waals surface area contributed by atoms with Crippen LogP contribution >= 0.6 is 12.4 Å². The van der Waals surface area contributed by atoms with Crippen molar-refractivity contribution in [3.8, 4) is 0 Å². The van der Waals surface area contributed by atoms with Crippen molar-refractivity contribution in [2.45, 2.75) is 25.7 Å². The van der Waals surface area contributed by atoms with Gasteiger partial charge in [-0.25, -0.2) is 4.39 Å². The molecule has 0 saturated heterocycles. The zero-order valence-electron chi connectivity index (χ0n) is 14.4. The van der Waals surface area contributed by atoms with Crippen LogP contribution in [0.25, 0.3) is 16.3 Å². The summed E-state index contributed by atoms with van der Waals surface area (Å²) in [6.07, 6.45) is 5.32. The van der Waals surface area contributed by atoms with Crippen LogP contribution in [0.4, 0.5) is 4.39 Å². The molecule has 0 spiro atoms. The van der Waals surface area contributed by atoms with Crippen LogP contribution < -0.4 is 0 Å². The third-order valence-electron chi connectivity index (χ3n) is 5.49. The van der Waals surface area contributed by atoms with Gasteiger partial charge in [0.1, 0.15) is 5.82 Å². The number of allylic oxidation sites excluding steroid dienone is 1. The van der Waals surface area contributed by atoms with Crippen molar-refractivity contribution < 1.29 is 4.39 Å². The fourth-order valence-corrected chi connectivity index (χ4v) is 4.63. The Morgan fingerprint density at radius 1 is 1.04 bits per heavy atom. The third kappa shape index (κ3) is 3.22. The molecule has 0 unspecified atom stereocenters. The number of nitrogens with zero attached hydrogens (tertiary/aromatic N) is 1. The predicted molar refractivity (Wildman–Crippen MR) is 102 cm³/mol. The van der Waals surface area contributed by atoms with Gasteiger partial charge in [0.25, 0.3) is 0 Å². The van der Waals surface area contributed by atoms with Crippen LogP contribution in [0.3, 0.4) is 0 Å². The molecule has 3 heteroatoms. The van der Waals surface area contributed by atoms with Crippen molar-refractivity contribution in [3.63, 3.8) is 0 Å². The Morgan fingerprint density at radius 3 is 2.58 bits per heavy atom. The summed E-state index contributed by atoms with van der Waals surface area (Å²) in [5.41, 5.74) is 4.56. The summed E-state index contributed by atoms with van der Waals surface area (Å²) in [5.74, 6) is 1.46. The molecule has 2 aliphatic rings. The molecule has 24 heavy (non-hydrogen) atoms. The zero-order chi connectivity index (χ0) is 16.0. The summed E-state index contributed by atoms with van der Waals surface area (Å²) < 4.78 is 13.4. The van der Waals surface area contributed by atoms with Crippen molar-refractivity contribution in [2.24, 2.45) is 11.8 Å². The van der Waals surface area contributed by atoms with Gasteiger partial charge < -0.3 is 4.90 Å². The highest BCUT2D eigenvalue weighted by molar-refractivity contribution is 5.87. The van der Waals surface area contributed by atoms with E-state index in [1.807, 2.05) is 6.07 Å². The van der Waals surface area contributed by atoms with Gasteiger partial charge in [-0.15, -0.1) is 12.4 Å². The fraction of sp³-hybridized carbons (Fsp3) is 0.429. The van der Waals surface area contributed by atoms with Crippen LogP contribution in [0.2, 0.25) is 0 Å². The summed E-state index contributed by atoms with van der Waals surface area (Å²) in [6, 6.07) is 11.6. The fourth-order valence-electron chi connectivity index (χ4n) is 4.63. The number of benzene rings is 2. The lowest BCUT2D eigenvalue weighted by atomic mass is 9.79. The first-order chi connectivity index (χ1) is 11.1. The number of halogens is 2. The molecular formula is C21H25ClFN. The lowest BCUT2D eigenvalue weighted by molar-refractivity contribution is 0.413. The lowest BCUT2D eigenvalue weighted by Crippen LogP contribution is -2.21. The molecule has 1 fully saturated rings. The molecule has 4 rings (SSSR count). The summed E-state index contributed by atoms with van der Waals surface area (Å²) in [6.45, 7) is 1.06. The minimum Gasteiger partial charge on any atom is -0.305 e. The van der Waals surface area contributed by atoms with E-state index in [0.717, 1.165) is 29.2 Å². The molecule has 2 atom stereocenters. The maximum atomic E-state index is 13.4. The van der Waals surface area contributed by atoms with Crippen molar-refractivity contribution >= 4 is 28.8 Å². The minimum absolute atomic E-state index is 0. The maximum absolute atomic E-state index is 13.4. The standard InChI is InChI=1S/C21H24FN.ClH/c1-23(2)13-19-10-14-3-4-17(9-14)21(19)18-6-5-16-12-20(22)8-7-15(16)11-18;/h5-8,11-12,14,17H,3-4,9-10,13H2,1-2H3;1H/t14-,17-;/m1./s1. The third-order valence-corrected chi connectivity index (χ3v) is 5.49. The summed E-state index contributed by atoms with van der Waals surface area (Å²) in [7, 11) is 4.31. The number of hydrogen-bond donors (Lipinski definition) is 0. The summed E-state index contributed by atoms with van der Waals surface area (Å²) in [4.78, 5) is 2.29. The zero-order valence-corrected chi connectivity index (χ0v) is 15.2. The van der Waals surface area contributed by atoms with Gasteiger partial charge in [0.15, 0.2) is 0 Å². The molecule has 0 aromatic heterocycles. The quantitative estimate of drug-likeness (QED) is 0.706. The van der Waals surface area contributed by atoms with Gasteiger partial charge in [-0.2, -0.15) is 0 Å². The van der Waals surface area contributed by atoms with Crippen molar-refractivity contribution in [2.75, 3.05) is 20.6 Å². The van der Waals surface area contributed by atoms with Crippen LogP contribution in [0, 0.1) is 17.7 Å². The molecule has 1 nitrogen and oxygen atoms in total. The molecule has 128 valence electrons. The molecule has 2 bridgehead atoms. The van der Waals surface area contributed by atoms with Crippen LogP contribution in [-0.2, 0) is 0 Å². The Bertz CT molecular complexity index is 781. The van der Waals surface area contributed by atoms with Crippen molar-refractivity contribution in [3.05, 3.63) is 53.4 Å². The molecule has 0 amide bonds. The maximum Gasteiger partial charge on any atom is 0.123 e. The van der Waals surface area contributed by atoms with Crippen LogP contribution in [0.1, 0.15) is 31.2 Å². The van der Waals surface area contributed by atoms with Gasteiger partial charge in [0, 0.05) is 6.54 Å². The van der Waals surface area contributed by atoms with Crippen LogP contribution in [-0.4, -0.2) is 25.5 Å². The van der Waals surface area contributed by atoms with Gasteiger partial charge in [-0.05, 0) is 91.7 Å². The molecule has 2 aliphatic carbocycles. The average Bonchev–Trinajstić information content (AvgIpc) is 2.88. The van der Waals surface area contributed by atoms with Gasteiger partial charge in [-0.3, -0.25) is 0 Å². The van der Waals surface area contributed by atoms with Gasteiger partial charge in [0.2, 0.25) is 0 Å². The largest absolute Gasteiger partial charge is 0.305 e. The number of fused-ring (bicyclic) bond motifs is 3. The Morgan fingerprint density at radius 2 is 1.79 bits per heavy atom. The second kappa shape index (κ2) is 6.85. The molecule has 0 heterocycles. The van der Waals surface area contributed by atoms with Gasteiger partial charge >= 0.3 is 0 Å². The topological polar surface area (TPSA) is 3.24 Å². The van der Waals surface area contributed by atoms with Gasteiger partial charge in [0.05, 0.1) is 0 Å². The molecule has 0 N–H and O–H groups in total. The number of rotatable bonds is 3. The Hall–Kier alpha value is -1.38. The second-order valence-corrected chi connectivity index (χ2v) is 7.54. The van der Waals surface area contributed by atoms with E-state index in [-0.39, 0.29) is 18.2 Å². The smallest absolute Gasteiger partial charge is 0.123 e. The minimum atomic E-state index is -0.158. The summed E-state index contributed by atoms with van der Waals surface area (Å²) in [5, 5.41) is 2.13. The molecule has 1 saturated carbocycles. The lowest BCUT2D eigenvalue weighted by Gasteiger charge is -2.29. The van der Waals surface area contributed by atoms with Crippen molar-refractivity contribution in [1.82, 2.24) is 4.90 Å². The van der Waals surface area contributed by atoms with Gasteiger partial charge in [-0.1, -0.05) is 23.8 Å². The van der Waals surface area contributed by atoms with E-state index >= 15 is 0 Å². The molecule has 2 aromatic rings. The van der Waals surface area contributed by atoms with E-state index in [0.29, 0.717) is 0 Å². The number of hydrogen-bond acceptors (Lipinski definition) is 1. The van der Waals surface area contributed by atoms with Crippen molar-refractivity contribution in [1.29, 1.82) is 0 Å². The highest BCUT2D eigenvalue weighted by atomic mass is 35.5. The second-order valence-electron chi connectivity index (χ2n) is 7.54. The van der Waals surface area contributed by atoms with E-state index < -0.39 is 0 Å². The average molecular weight is 346 g/mol. The Labute approximate surface area is 150 Å². The predicted octanol–water partition coefficient (Wildman–Crippen LogP) is 5.54. The molecule has 0 radical (unpaired) electrons.